The minimum Gasteiger partial charge on any atom is -0.478 e. The second-order valence-electron chi connectivity index (χ2n) is 5.23. The molecule has 0 fully saturated rings. The molecule has 5 nitrogen and oxygen atoms in total. The number of aliphatic carboxylic acids is 1. The molecule has 0 spiro atoms. The Balaban J connectivity index is 1.78. The number of nitrogens with zero attached hydrogens (tertiary/aromatic N) is 1. The SMILES string of the molecule is Cc1ccc2nc(-c3ccc(NC(=O)/C=C/C(=O)O)cc3)sc2c1. The number of nitrogens with one attached hydrogen (secondary N) is 1. The molecule has 0 saturated heterocycles. The normalized spacial score (nSPS) is 11.0. The largest absolute Gasteiger partial charge is 0.478 e. The maximum absolute atomic E-state index is 11.5. The fraction of sp³-hybridized carbons (Fsp3) is 0.0556. The van der Waals surface area contributed by atoms with E-state index in [1.54, 1.807) is 23.5 Å². The van der Waals surface area contributed by atoms with Crippen LogP contribution < -0.4 is 5.32 Å². The van der Waals surface area contributed by atoms with Crippen LogP contribution >= 0.6 is 11.3 Å². The van der Waals surface area contributed by atoms with Crippen molar-refractivity contribution in [2.75, 3.05) is 5.32 Å². The molecule has 0 aliphatic carbocycles. The van der Waals surface area contributed by atoms with Crippen molar-refractivity contribution in [3.63, 3.8) is 0 Å². The molecule has 1 heterocycles. The molecular formula is C18H14N2O3S. The predicted molar refractivity (Wildman–Crippen MR) is 95.2 cm³/mol. The molecule has 0 atom stereocenters. The molecular weight excluding hydrogens is 324 g/mol. The van der Waals surface area contributed by atoms with E-state index in [1.165, 1.54) is 5.56 Å². The first-order valence-electron chi connectivity index (χ1n) is 7.21. The Morgan fingerprint density at radius 2 is 1.88 bits per heavy atom. The Morgan fingerprint density at radius 1 is 1.12 bits per heavy atom. The Morgan fingerprint density at radius 3 is 2.58 bits per heavy atom. The van der Waals surface area contributed by atoms with E-state index in [-0.39, 0.29) is 0 Å². The molecule has 3 aromatic rings. The number of hydrogen-bond donors (Lipinski definition) is 2. The summed E-state index contributed by atoms with van der Waals surface area (Å²) < 4.78 is 1.14. The Kier molecular flexibility index (Phi) is 4.39. The number of thiazole rings is 1. The summed E-state index contributed by atoms with van der Waals surface area (Å²) in [6, 6.07) is 13.4. The summed E-state index contributed by atoms with van der Waals surface area (Å²) in [5, 5.41) is 12.0. The summed E-state index contributed by atoms with van der Waals surface area (Å²) in [7, 11) is 0. The van der Waals surface area contributed by atoms with E-state index in [2.05, 4.69) is 23.3 Å². The van der Waals surface area contributed by atoms with Gasteiger partial charge in [0.2, 0.25) is 5.91 Å². The minimum atomic E-state index is -1.16. The number of carboxylic acid groups (broad SMARTS) is 1. The second-order valence-corrected chi connectivity index (χ2v) is 6.26. The smallest absolute Gasteiger partial charge is 0.328 e. The zero-order chi connectivity index (χ0) is 17.1. The van der Waals surface area contributed by atoms with Crippen molar-refractivity contribution in [2.24, 2.45) is 0 Å². The van der Waals surface area contributed by atoms with Crippen LogP contribution in [0.25, 0.3) is 20.8 Å². The van der Waals surface area contributed by atoms with Crippen molar-refractivity contribution in [1.29, 1.82) is 0 Å². The number of carbonyl (C=O) groups is 2. The van der Waals surface area contributed by atoms with Gasteiger partial charge in [-0.05, 0) is 48.9 Å². The van der Waals surface area contributed by atoms with Crippen LogP contribution in [0.2, 0.25) is 0 Å². The average Bonchev–Trinajstić information content (AvgIpc) is 2.96. The fourth-order valence-electron chi connectivity index (χ4n) is 2.18. The number of rotatable bonds is 4. The number of hydrogen-bond acceptors (Lipinski definition) is 4. The molecule has 24 heavy (non-hydrogen) atoms. The zero-order valence-electron chi connectivity index (χ0n) is 12.8. The lowest BCUT2D eigenvalue weighted by atomic mass is 10.2. The Bertz CT molecular complexity index is 943. The van der Waals surface area contributed by atoms with Crippen LogP contribution in [0.1, 0.15) is 5.56 Å². The highest BCUT2D eigenvalue weighted by Crippen LogP contribution is 2.31. The van der Waals surface area contributed by atoms with Gasteiger partial charge in [0.05, 0.1) is 10.2 Å². The molecule has 120 valence electrons. The third-order valence-corrected chi connectivity index (χ3v) is 4.39. The van der Waals surface area contributed by atoms with Gasteiger partial charge in [0.15, 0.2) is 0 Å². The molecule has 0 bridgehead atoms. The lowest BCUT2D eigenvalue weighted by Crippen LogP contribution is -2.08. The predicted octanol–water partition coefficient (Wildman–Crippen LogP) is 3.85. The van der Waals surface area contributed by atoms with E-state index in [4.69, 9.17) is 5.11 Å². The molecule has 0 saturated carbocycles. The van der Waals surface area contributed by atoms with Crippen molar-refractivity contribution in [1.82, 2.24) is 4.98 Å². The van der Waals surface area contributed by atoms with Crippen LogP contribution in [0, 0.1) is 6.92 Å². The van der Waals surface area contributed by atoms with Crippen LogP contribution in [-0.4, -0.2) is 22.0 Å². The van der Waals surface area contributed by atoms with E-state index in [1.807, 2.05) is 24.3 Å². The highest BCUT2D eigenvalue weighted by atomic mass is 32.1. The number of amides is 1. The van der Waals surface area contributed by atoms with Crippen LogP contribution in [-0.2, 0) is 9.59 Å². The summed E-state index contributed by atoms with van der Waals surface area (Å²) in [5.74, 6) is -1.65. The molecule has 3 rings (SSSR count). The summed E-state index contributed by atoms with van der Waals surface area (Å²) in [5.41, 5.74) is 3.73. The van der Waals surface area contributed by atoms with Gasteiger partial charge in [-0.1, -0.05) is 6.07 Å². The zero-order valence-corrected chi connectivity index (χ0v) is 13.6. The van der Waals surface area contributed by atoms with Crippen LogP contribution in [0.15, 0.2) is 54.6 Å². The molecule has 6 heteroatoms. The fourth-order valence-corrected chi connectivity index (χ4v) is 3.25. The molecule has 0 aliphatic rings. The highest BCUT2D eigenvalue weighted by molar-refractivity contribution is 7.21. The number of benzene rings is 2. The topological polar surface area (TPSA) is 79.3 Å². The first-order chi connectivity index (χ1) is 11.5. The first-order valence-corrected chi connectivity index (χ1v) is 8.02. The van der Waals surface area contributed by atoms with Gasteiger partial charge in [-0.25, -0.2) is 9.78 Å². The maximum Gasteiger partial charge on any atom is 0.328 e. The average molecular weight is 338 g/mol. The Labute approximate surface area is 142 Å². The summed E-state index contributed by atoms with van der Waals surface area (Å²) in [6.07, 6.45) is 1.78. The van der Waals surface area contributed by atoms with Gasteiger partial charge in [-0.2, -0.15) is 0 Å². The Hall–Kier alpha value is -2.99. The van der Waals surface area contributed by atoms with Gasteiger partial charge in [-0.15, -0.1) is 11.3 Å². The van der Waals surface area contributed by atoms with Gasteiger partial charge < -0.3 is 10.4 Å². The van der Waals surface area contributed by atoms with Gasteiger partial charge in [0.25, 0.3) is 0 Å². The molecule has 2 aromatic carbocycles. The molecule has 2 N–H and O–H groups in total. The molecule has 1 aromatic heterocycles. The van der Waals surface area contributed by atoms with Crippen molar-refractivity contribution < 1.29 is 14.7 Å². The first kappa shape index (κ1) is 15.9. The number of aromatic nitrogens is 1. The van der Waals surface area contributed by atoms with Crippen molar-refractivity contribution >= 4 is 39.1 Å². The lowest BCUT2D eigenvalue weighted by Gasteiger charge is -2.02. The quantitative estimate of drug-likeness (QED) is 0.708. The van der Waals surface area contributed by atoms with E-state index in [9.17, 15) is 9.59 Å². The summed E-state index contributed by atoms with van der Waals surface area (Å²) >= 11 is 1.62. The van der Waals surface area contributed by atoms with E-state index in [0.29, 0.717) is 5.69 Å². The van der Waals surface area contributed by atoms with Gasteiger partial charge in [0.1, 0.15) is 5.01 Å². The number of anilines is 1. The lowest BCUT2D eigenvalue weighted by molar-refractivity contribution is -0.131. The standard InChI is InChI=1S/C18H14N2O3S/c1-11-2-7-14-15(10-11)24-18(20-14)12-3-5-13(6-4-12)19-16(21)8-9-17(22)23/h2-10H,1H3,(H,19,21)(H,22,23)/b9-8+. The van der Waals surface area contributed by atoms with E-state index >= 15 is 0 Å². The van der Waals surface area contributed by atoms with Gasteiger partial charge >= 0.3 is 5.97 Å². The minimum absolute atomic E-state index is 0.486. The number of carbonyl (C=O) groups excluding carboxylic acids is 1. The summed E-state index contributed by atoms with van der Waals surface area (Å²) in [4.78, 5) is 26.5. The van der Waals surface area contributed by atoms with Gasteiger partial charge in [0, 0.05) is 23.4 Å². The second kappa shape index (κ2) is 6.64. The van der Waals surface area contributed by atoms with Crippen molar-refractivity contribution in [3.8, 4) is 10.6 Å². The number of aryl methyl sites for hydroxylation is 1. The monoisotopic (exact) mass is 338 g/mol. The van der Waals surface area contributed by atoms with Gasteiger partial charge in [-0.3, -0.25) is 4.79 Å². The van der Waals surface area contributed by atoms with Crippen molar-refractivity contribution in [2.45, 2.75) is 6.92 Å². The molecule has 1 amide bonds. The third kappa shape index (κ3) is 3.67. The number of fused-ring (bicyclic) bond motifs is 1. The third-order valence-electron chi connectivity index (χ3n) is 3.32. The number of carboxylic acids is 1. The van der Waals surface area contributed by atoms with Crippen molar-refractivity contribution in [3.05, 3.63) is 60.2 Å². The summed E-state index contributed by atoms with van der Waals surface area (Å²) in [6.45, 7) is 2.05. The van der Waals surface area contributed by atoms with E-state index < -0.39 is 11.9 Å². The van der Waals surface area contributed by atoms with E-state index in [0.717, 1.165) is 32.9 Å². The van der Waals surface area contributed by atoms with Crippen LogP contribution in [0.5, 0.6) is 0 Å². The molecule has 0 aliphatic heterocycles. The molecule has 0 unspecified atom stereocenters. The maximum atomic E-state index is 11.5. The van der Waals surface area contributed by atoms with Crippen LogP contribution in [0.3, 0.4) is 0 Å². The van der Waals surface area contributed by atoms with Crippen LogP contribution in [0.4, 0.5) is 5.69 Å². The highest BCUT2D eigenvalue weighted by Gasteiger charge is 2.07. The molecule has 0 radical (unpaired) electrons.